The lowest BCUT2D eigenvalue weighted by molar-refractivity contribution is -0.122. The Bertz CT molecular complexity index is 746. The average molecular weight is 339 g/mol. The highest BCUT2D eigenvalue weighted by atomic mass is 35.5. The standard InChI is InChI=1S/C14H11ClN2O4S/c1-20-13(19)11-6-16-14(22-11)17-12(18)10-5-7-4-8(15)2-3-9(7)21-10/h2-4,6,10H,5H2,1H3,(H,16,17,18)/t10-/m0/s1. The van der Waals surface area contributed by atoms with Crippen LogP contribution >= 0.6 is 22.9 Å². The maximum atomic E-state index is 12.2. The summed E-state index contributed by atoms with van der Waals surface area (Å²) < 4.78 is 10.2. The average Bonchev–Trinajstić information content (AvgIpc) is 3.12. The molecule has 0 fully saturated rings. The van der Waals surface area contributed by atoms with Crippen LogP contribution in [-0.4, -0.2) is 30.1 Å². The molecule has 0 radical (unpaired) electrons. The summed E-state index contributed by atoms with van der Waals surface area (Å²) in [6, 6.07) is 5.23. The van der Waals surface area contributed by atoms with E-state index < -0.39 is 12.1 Å². The smallest absolute Gasteiger partial charge is 0.349 e. The summed E-state index contributed by atoms with van der Waals surface area (Å²) in [5.41, 5.74) is 0.891. The maximum absolute atomic E-state index is 12.2. The number of nitrogens with one attached hydrogen (secondary N) is 1. The van der Waals surface area contributed by atoms with Crippen molar-refractivity contribution in [1.29, 1.82) is 0 Å². The highest BCUT2D eigenvalue weighted by molar-refractivity contribution is 7.17. The Kier molecular flexibility index (Phi) is 4.00. The van der Waals surface area contributed by atoms with E-state index in [1.165, 1.54) is 13.3 Å². The number of thiazole rings is 1. The predicted octanol–water partition coefficient (Wildman–Crippen LogP) is 2.53. The lowest BCUT2D eigenvalue weighted by atomic mass is 10.1. The van der Waals surface area contributed by atoms with Gasteiger partial charge in [0.15, 0.2) is 11.2 Å². The molecule has 1 aliphatic heterocycles. The number of aromatic nitrogens is 1. The van der Waals surface area contributed by atoms with Gasteiger partial charge in [0.05, 0.1) is 13.3 Å². The summed E-state index contributed by atoms with van der Waals surface area (Å²) in [6.45, 7) is 0. The summed E-state index contributed by atoms with van der Waals surface area (Å²) in [5, 5.41) is 3.56. The number of esters is 1. The topological polar surface area (TPSA) is 77.5 Å². The van der Waals surface area contributed by atoms with Crippen LogP contribution in [0.4, 0.5) is 5.13 Å². The number of nitrogens with zero attached hydrogens (tertiary/aromatic N) is 1. The molecule has 0 aliphatic carbocycles. The van der Waals surface area contributed by atoms with E-state index in [0.717, 1.165) is 16.9 Å². The zero-order valence-electron chi connectivity index (χ0n) is 11.5. The molecule has 2 aromatic rings. The van der Waals surface area contributed by atoms with Crippen molar-refractivity contribution in [2.75, 3.05) is 12.4 Å². The first-order valence-corrected chi connectivity index (χ1v) is 7.56. The summed E-state index contributed by atoms with van der Waals surface area (Å²) in [4.78, 5) is 27.8. The zero-order chi connectivity index (χ0) is 15.7. The summed E-state index contributed by atoms with van der Waals surface area (Å²) in [5.74, 6) is -0.158. The van der Waals surface area contributed by atoms with Crippen molar-refractivity contribution in [3.05, 3.63) is 39.9 Å². The van der Waals surface area contributed by atoms with E-state index in [9.17, 15) is 9.59 Å². The molecule has 1 aromatic carbocycles. The van der Waals surface area contributed by atoms with Gasteiger partial charge >= 0.3 is 5.97 Å². The lowest BCUT2D eigenvalue weighted by Crippen LogP contribution is -2.31. The predicted molar refractivity (Wildman–Crippen MR) is 81.7 cm³/mol. The van der Waals surface area contributed by atoms with E-state index in [2.05, 4.69) is 15.0 Å². The normalized spacial score (nSPS) is 15.8. The molecule has 1 amide bonds. The molecule has 1 aliphatic rings. The molecule has 6 nitrogen and oxygen atoms in total. The Hall–Kier alpha value is -2.12. The van der Waals surface area contributed by atoms with Crippen molar-refractivity contribution in [1.82, 2.24) is 4.98 Å². The molecule has 3 rings (SSSR count). The third kappa shape index (κ3) is 2.90. The zero-order valence-corrected chi connectivity index (χ0v) is 13.0. The van der Waals surface area contributed by atoms with Crippen LogP contribution in [-0.2, 0) is 16.0 Å². The number of anilines is 1. The first kappa shape index (κ1) is 14.8. The molecule has 0 spiro atoms. The van der Waals surface area contributed by atoms with Crippen molar-refractivity contribution in [2.45, 2.75) is 12.5 Å². The molecule has 2 heterocycles. The molecule has 0 unspecified atom stereocenters. The van der Waals surface area contributed by atoms with Gasteiger partial charge in [0, 0.05) is 11.4 Å². The van der Waals surface area contributed by atoms with E-state index in [1.54, 1.807) is 18.2 Å². The van der Waals surface area contributed by atoms with Gasteiger partial charge in [-0.3, -0.25) is 10.1 Å². The van der Waals surface area contributed by atoms with E-state index >= 15 is 0 Å². The molecule has 1 aromatic heterocycles. The number of hydrogen-bond acceptors (Lipinski definition) is 6. The number of carbonyl (C=O) groups is 2. The minimum atomic E-state index is -0.640. The summed E-state index contributed by atoms with van der Waals surface area (Å²) in [7, 11) is 1.29. The Labute approximate surface area is 135 Å². The first-order valence-electron chi connectivity index (χ1n) is 6.37. The maximum Gasteiger partial charge on any atom is 0.349 e. The Morgan fingerprint density at radius 1 is 1.50 bits per heavy atom. The van der Waals surface area contributed by atoms with Crippen LogP contribution in [0.25, 0.3) is 0 Å². The summed E-state index contributed by atoms with van der Waals surface area (Å²) >= 11 is 6.96. The highest BCUT2D eigenvalue weighted by Gasteiger charge is 2.29. The second-order valence-corrected chi connectivity index (χ2v) is 6.04. The van der Waals surface area contributed by atoms with Crippen LogP contribution in [0.5, 0.6) is 5.75 Å². The van der Waals surface area contributed by atoms with E-state index in [4.69, 9.17) is 16.3 Å². The van der Waals surface area contributed by atoms with Gasteiger partial charge in [0.2, 0.25) is 0 Å². The van der Waals surface area contributed by atoms with Crippen molar-refractivity contribution in [3.63, 3.8) is 0 Å². The Balaban J connectivity index is 1.66. The quantitative estimate of drug-likeness (QED) is 0.870. The van der Waals surface area contributed by atoms with Crippen LogP contribution < -0.4 is 10.1 Å². The van der Waals surface area contributed by atoms with Crippen molar-refractivity contribution >= 4 is 39.9 Å². The first-order chi connectivity index (χ1) is 10.6. The van der Waals surface area contributed by atoms with Crippen LogP contribution in [0.2, 0.25) is 5.02 Å². The third-order valence-corrected chi connectivity index (χ3v) is 4.24. The van der Waals surface area contributed by atoms with E-state index in [1.807, 2.05) is 0 Å². The van der Waals surface area contributed by atoms with Gasteiger partial charge in [-0.1, -0.05) is 22.9 Å². The second kappa shape index (κ2) is 5.94. The summed E-state index contributed by atoms with van der Waals surface area (Å²) in [6.07, 6.45) is 1.16. The molecule has 1 N–H and O–H groups in total. The third-order valence-electron chi connectivity index (χ3n) is 3.11. The minimum Gasteiger partial charge on any atom is -0.480 e. The number of rotatable bonds is 3. The minimum absolute atomic E-state index is 0.320. The fraction of sp³-hybridized carbons (Fsp3) is 0.214. The molecule has 0 saturated carbocycles. The van der Waals surface area contributed by atoms with Crippen molar-refractivity contribution in [2.24, 2.45) is 0 Å². The molecule has 114 valence electrons. The monoisotopic (exact) mass is 338 g/mol. The molecular weight excluding hydrogens is 328 g/mol. The molecular formula is C14H11ClN2O4S. The lowest BCUT2D eigenvalue weighted by Gasteiger charge is -2.09. The number of ether oxygens (including phenoxy) is 2. The van der Waals surface area contributed by atoms with Gasteiger partial charge in [0.1, 0.15) is 10.6 Å². The van der Waals surface area contributed by atoms with Crippen LogP contribution in [0, 0.1) is 0 Å². The van der Waals surface area contributed by atoms with Crippen LogP contribution in [0.3, 0.4) is 0 Å². The number of hydrogen-bond donors (Lipinski definition) is 1. The van der Waals surface area contributed by atoms with Crippen molar-refractivity contribution in [3.8, 4) is 5.75 Å². The van der Waals surface area contributed by atoms with Gasteiger partial charge in [-0.2, -0.15) is 0 Å². The van der Waals surface area contributed by atoms with Crippen LogP contribution in [0.15, 0.2) is 24.4 Å². The molecule has 0 saturated heterocycles. The fourth-order valence-corrected chi connectivity index (χ4v) is 3.01. The number of amides is 1. The molecule has 1 atom stereocenters. The highest BCUT2D eigenvalue weighted by Crippen LogP contribution is 2.31. The number of carbonyl (C=O) groups excluding carboxylic acids is 2. The SMILES string of the molecule is COC(=O)c1cnc(NC(=O)[C@@H]2Cc3cc(Cl)ccc3O2)s1. The number of halogens is 1. The van der Waals surface area contributed by atoms with Gasteiger partial charge in [-0.05, 0) is 23.8 Å². The molecule has 8 heteroatoms. The largest absolute Gasteiger partial charge is 0.480 e. The Morgan fingerprint density at radius 2 is 2.32 bits per heavy atom. The van der Waals surface area contributed by atoms with Gasteiger partial charge in [0.25, 0.3) is 5.91 Å². The Morgan fingerprint density at radius 3 is 3.09 bits per heavy atom. The number of fused-ring (bicyclic) bond motifs is 1. The van der Waals surface area contributed by atoms with E-state index in [-0.39, 0.29) is 5.91 Å². The van der Waals surface area contributed by atoms with Crippen molar-refractivity contribution < 1.29 is 19.1 Å². The van der Waals surface area contributed by atoms with Gasteiger partial charge in [-0.25, -0.2) is 9.78 Å². The second-order valence-electron chi connectivity index (χ2n) is 4.57. The van der Waals surface area contributed by atoms with Gasteiger partial charge < -0.3 is 9.47 Å². The number of benzene rings is 1. The molecule has 0 bridgehead atoms. The number of methoxy groups -OCH3 is 1. The van der Waals surface area contributed by atoms with E-state index in [0.29, 0.717) is 27.2 Å². The molecule has 22 heavy (non-hydrogen) atoms. The van der Waals surface area contributed by atoms with Gasteiger partial charge in [-0.15, -0.1) is 0 Å². The fourth-order valence-electron chi connectivity index (χ4n) is 2.08. The van der Waals surface area contributed by atoms with Crippen LogP contribution in [0.1, 0.15) is 15.2 Å².